The molecule has 0 aliphatic carbocycles. The van der Waals surface area contributed by atoms with Crippen LogP contribution in [0.2, 0.25) is 20.1 Å². The molecule has 12 aromatic rings. The first-order valence-corrected chi connectivity index (χ1v) is 40.1. The van der Waals surface area contributed by atoms with Crippen LogP contribution in [0.5, 0.6) is 23.0 Å². The number of likely N-dealkylation sites (N-methyl/N-ethyl adjacent to an activating group) is 2. The standard InChI is InChI=1S/C25H23ClN2O2.3C24H21ClN2O2/c1-3-16-6-4-5-7-18(16)14-22-25(30)28(2)23-13-10-19(26)15-21(23)24(27-22)17-8-11-20(29)12-9-17;1-15-3-5-16(6-4-15)13-21-24(29)27(2)22-12-9-18(25)14-20(22)23(26-21)17-7-10-19(28)11-8-17;1-2-15-4-3-5-16(12-15)13-22-24(29)27-21-11-8-18(25)14-20(21)23(26-22)17-6-9-19(28)10-7-17;1-2-15-5-3-4-6-17(15)13-22-24(29)27-21-12-9-18(25)14-20(21)23(26-22)16-7-10-19(28)11-8-16/h4-13,15,22,29H,3,14H2,1-2H3;3-12,14,21,28H,13H2,1-2H3;2*3-12,14,22,28H,2,13H2,1H3,(H,27,29). The minimum absolute atomic E-state index is 0.0572. The zero-order chi connectivity index (χ0) is 82.6. The molecule has 590 valence electrons. The van der Waals surface area contributed by atoms with Crippen LogP contribution in [0.25, 0.3) is 0 Å². The molecule has 4 heterocycles. The number of amides is 4. The van der Waals surface area contributed by atoms with Crippen LogP contribution < -0.4 is 20.4 Å². The van der Waals surface area contributed by atoms with Gasteiger partial charge in [0.15, 0.2) is 0 Å². The van der Waals surface area contributed by atoms with E-state index >= 15 is 0 Å². The van der Waals surface area contributed by atoms with E-state index in [0.717, 1.165) is 97.4 Å². The highest BCUT2D eigenvalue weighted by atomic mass is 35.5. The van der Waals surface area contributed by atoms with Crippen LogP contribution in [0, 0.1) is 6.92 Å². The zero-order valence-corrected chi connectivity index (χ0v) is 68.3. The second-order valence-corrected chi connectivity index (χ2v) is 30.6. The van der Waals surface area contributed by atoms with E-state index in [1.54, 1.807) is 145 Å². The highest BCUT2D eigenvalue weighted by Gasteiger charge is 2.34. The summed E-state index contributed by atoms with van der Waals surface area (Å²) in [5.74, 6) is 0.298. The van der Waals surface area contributed by atoms with Crippen molar-refractivity contribution in [3.63, 3.8) is 0 Å². The molecule has 20 heteroatoms. The summed E-state index contributed by atoms with van der Waals surface area (Å²) < 4.78 is 0. The molecular weight excluding hydrogens is 1550 g/mol. The second kappa shape index (κ2) is 37.4. The summed E-state index contributed by atoms with van der Waals surface area (Å²) in [5, 5.41) is 47.0. The number of carbonyl (C=O) groups excluding carboxylic acids is 4. The highest BCUT2D eigenvalue weighted by molar-refractivity contribution is 6.34. The summed E-state index contributed by atoms with van der Waals surface area (Å²) in [5.41, 5.74) is 21.3. The Balaban J connectivity index is 0.000000135. The normalized spacial score (nSPS) is 16.0. The lowest BCUT2D eigenvalue weighted by molar-refractivity contribution is -0.120. The fraction of sp³-hybridized carbons (Fsp3) is 0.175. The Morgan fingerprint density at radius 2 is 0.650 bits per heavy atom. The van der Waals surface area contributed by atoms with Gasteiger partial charge in [0.05, 0.1) is 45.6 Å². The summed E-state index contributed by atoms with van der Waals surface area (Å²) in [6, 6.07) is 79.5. The molecule has 4 amide bonds. The summed E-state index contributed by atoms with van der Waals surface area (Å²) in [7, 11) is 3.55. The van der Waals surface area contributed by atoms with Crippen LogP contribution in [0.1, 0.15) is 110 Å². The van der Waals surface area contributed by atoms with Gasteiger partial charge in [-0.2, -0.15) is 0 Å². The number of benzene rings is 12. The molecule has 4 aliphatic heterocycles. The second-order valence-electron chi connectivity index (χ2n) is 28.9. The molecule has 0 fully saturated rings. The number of hydrogen-bond donors (Lipinski definition) is 6. The lowest BCUT2D eigenvalue weighted by atomic mass is 9.98. The molecule has 4 atom stereocenters. The van der Waals surface area contributed by atoms with Crippen LogP contribution in [-0.2, 0) is 64.1 Å². The van der Waals surface area contributed by atoms with Gasteiger partial charge in [0, 0.05) is 104 Å². The SMILES string of the molecule is CCc1cccc(CC2N=C(c3ccc(O)cc3)c3cc(Cl)ccc3NC2=O)c1.CCc1ccccc1CC1N=C(c2ccc(O)cc2)c2cc(Cl)ccc2N(C)C1=O.CCc1ccccc1CC1N=C(c2ccc(O)cc2)c2cc(Cl)ccc2NC1=O.Cc1ccc(CC2N=C(c3ccc(O)cc3)c3cc(Cl)ccc3N(C)C2=O)cc1. The number of halogens is 4. The van der Waals surface area contributed by atoms with Gasteiger partial charge >= 0.3 is 0 Å². The number of anilines is 4. The van der Waals surface area contributed by atoms with Gasteiger partial charge in [-0.05, 0) is 235 Å². The molecule has 0 saturated carbocycles. The maximum atomic E-state index is 13.4. The molecule has 117 heavy (non-hydrogen) atoms. The fourth-order valence-corrected chi connectivity index (χ4v) is 15.3. The van der Waals surface area contributed by atoms with Gasteiger partial charge in [-0.3, -0.25) is 39.1 Å². The van der Waals surface area contributed by atoms with Crippen molar-refractivity contribution in [1.82, 2.24) is 0 Å². The monoisotopic (exact) mass is 1630 g/mol. The van der Waals surface area contributed by atoms with Gasteiger partial charge in [-0.1, -0.05) is 170 Å². The van der Waals surface area contributed by atoms with Crippen LogP contribution in [0.4, 0.5) is 22.7 Å². The van der Waals surface area contributed by atoms with Crippen molar-refractivity contribution in [2.75, 3.05) is 34.5 Å². The molecule has 0 saturated heterocycles. The minimum Gasteiger partial charge on any atom is -0.508 e. The Kier molecular flexibility index (Phi) is 26.4. The summed E-state index contributed by atoms with van der Waals surface area (Å²) in [6.07, 6.45) is 4.79. The number of fused-ring (bicyclic) bond motifs is 4. The maximum absolute atomic E-state index is 13.4. The van der Waals surface area contributed by atoms with E-state index in [4.69, 9.17) is 66.4 Å². The van der Waals surface area contributed by atoms with E-state index in [-0.39, 0.29) is 46.6 Å². The highest BCUT2D eigenvalue weighted by Crippen LogP contribution is 2.37. The van der Waals surface area contributed by atoms with Gasteiger partial charge in [0.25, 0.3) is 11.8 Å². The third-order valence-corrected chi connectivity index (χ3v) is 21.8. The van der Waals surface area contributed by atoms with E-state index in [2.05, 4.69) is 67.8 Å². The smallest absolute Gasteiger partial charge is 0.251 e. The number of rotatable bonds is 15. The molecule has 6 N–H and O–H groups in total. The quantitative estimate of drug-likeness (QED) is 0.0577. The predicted molar refractivity (Wildman–Crippen MR) is 473 cm³/mol. The Bertz CT molecular complexity index is 5820. The van der Waals surface area contributed by atoms with Gasteiger partial charge < -0.3 is 40.9 Å². The molecule has 12 aromatic carbocycles. The van der Waals surface area contributed by atoms with Crippen molar-refractivity contribution < 1.29 is 39.6 Å². The molecule has 16 rings (SSSR count). The number of aliphatic imine (C=N–C) groups is 4. The van der Waals surface area contributed by atoms with Crippen LogP contribution in [0.3, 0.4) is 0 Å². The Morgan fingerprint density at radius 1 is 0.325 bits per heavy atom. The van der Waals surface area contributed by atoms with Gasteiger partial charge in [0.2, 0.25) is 11.8 Å². The molecule has 0 spiro atoms. The lowest BCUT2D eigenvalue weighted by Gasteiger charge is -2.21. The number of aromatic hydroxyl groups is 4. The molecule has 4 unspecified atom stereocenters. The predicted octanol–water partition coefficient (Wildman–Crippen LogP) is 19.8. The third-order valence-electron chi connectivity index (χ3n) is 20.9. The molecular formula is C97H86Cl4N8O8. The van der Waals surface area contributed by atoms with Gasteiger partial charge in [-0.25, -0.2) is 0 Å². The van der Waals surface area contributed by atoms with E-state index < -0.39 is 24.2 Å². The average molecular weight is 1630 g/mol. The number of phenolic OH excluding ortho intramolecular Hbond substituents is 4. The fourth-order valence-electron chi connectivity index (χ4n) is 14.6. The Labute approximate surface area is 700 Å². The topological polar surface area (TPSA) is 229 Å². The van der Waals surface area contributed by atoms with Crippen molar-refractivity contribution in [2.45, 2.75) is 96.8 Å². The number of aryl methyl sites for hydroxylation is 4. The Morgan fingerprint density at radius 3 is 1.04 bits per heavy atom. The number of phenols is 4. The first-order chi connectivity index (χ1) is 56.5. The van der Waals surface area contributed by atoms with Crippen LogP contribution in [0.15, 0.2) is 287 Å². The average Bonchev–Trinajstić information content (AvgIpc) is 1.67. The Hall–Kier alpha value is -12.4. The third kappa shape index (κ3) is 19.9. The van der Waals surface area contributed by atoms with E-state index in [9.17, 15) is 39.6 Å². The first kappa shape index (κ1) is 82.5. The molecule has 0 bridgehead atoms. The molecule has 4 aliphatic rings. The van der Waals surface area contributed by atoms with Crippen molar-refractivity contribution in [2.24, 2.45) is 20.0 Å². The summed E-state index contributed by atoms with van der Waals surface area (Å²) in [6.45, 7) is 8.37. The molecule has 16 nitrogen and oxygen atoms in total. The molecule has 0 aromatic heterocycles. The lowest BCUT2D eigenvalue weighted by Crippen LogP contribution is -2.36. The maximum Gasteiger partial charge on any atom is 0.251 e. The van der Waals surface area contributed by atoms with Crippen LogP contribution in [-0.4, -0.2) is 105 Å². The summed E-state index contributed by atoms with van der Waals surface area (Å²) >= 11 is 25.1. The van der Waals surface area contributed by atoms with E-state index in [1.807, 2.05) is 116 Å². The number of hydrogen-bond acceptors (Lipinski definition) is 12. The number of nitrogens with one attached hydrogen (secondary N) is 2. The molecule has 0 radical (unpaired) electrons. The number of nitrogens with zero attached hydrogens (tertiary/aromatic N) is 6. The van der Waals surface area contributed by atoms with Crippen LogP contribution >= 0.6 is 46.4 Å². The van der Waals surface area contributed by atoms with Crippen molar-refractivity contribution in [3.8, 4) is 23.0 Å². The minimum atomic E-state index is -0.572. The summed E-state index contributed by atoms with van der Waals surface area (Å²) in [4.78, 5) is 75.5. The number of carbonyl (C=O) groups is 4. The van der Waals surface area contributed by atoms with Gasteiger partial charge in [0.1, 0.15) is 47.2 Å². The van der Waals surface area contributed by atoms with Crippen molar-refractivity contribution in [3.05, 3.63) is 376 Å². The first-order valence-electron chi connectivity index (χ1n) is 38.6. The van der Waals surface area contributed by atoms with Crippen molar-refractivity contribution in [1.29, 1.82) is 0 Å². The van der Waals surface area contributed by atoms with Gasteiger partial charge in [-0.15, -0.1) is 0 Å². The number of benzodiazepines with no additional fused rings is 4. The zero-order valence-electron chi connectivity index (χ0n) is 65.3. The van der Waals surface area contributed by atoms with E-state index in [0.29, 0.717) is 80.0 Å². The largest absolute Gasteiger partial charge is 0.508 e. The van der Waals surface area contributed by atoms with E-state index in [1.165, 1.54) is 22.3 Å². The van der Waals surface area contributed by atoms with Crippen molar-refractivity contribution >= 4 is 116 Å².